The minimum absolute atomic E-state index is 0.122. The van der Waals surface area contributed by atoms with Gasteiger partial charge in [-0.15, -0.1) is 0 Å². The molecule has 3 aromatic rings. The van der Waals surface area contributed by atoms with Crippen LogP contribution in [0.15, 0.2) is 58.8 Å². The van der Waals surface area contributed by atoms with Crippen LogP contribution in [-0.4, -0.2) is 0 Å². The second kappa shape index (κ2) is 12.8. The van der Waals surface area contributed by atoms with E-state index in [-0.39, 0.29) is 5.56 Å². The van der Waals surface area contributed by atoms with Crippen molar-refractivity contribution in [3.63, 3.8) is 0 Å². The van der Waals surface area contributed by atoms with Crippen molar-refractivity contribution >= 4 is 11.4 Å². The zero-order chi connectivity index (χ0) is 26.2. The molecule has 0 saturated carbocycles. The zero-order valence-electron chi connectivity index (χ0n) is 22.2. The number of azo groups is 1. The first-order chi connectivity index (χ1) is 18.0. The summed E-state index contributed by atoms with van der Waals surface area (Å²) in [4.78, 5) is 0. The van der Waals surface area contributed by atoms with Gasteiger partial charge in [0.1, 0.15) is 11.6 Å². The van der Waals surface area contributed by atoms with Crippen LogP contribution in [0.3, 0.4) is 0 Å². The van der Waals surface area contributed by atoms with Gasteiger partial charge >= 0.3 is 0 Å². The predicted octanol–water partition coefficient (Wildman–Crippen LogP) is 9.59. The molecule has 1 unspecified atom stereocenters. The summed E-state index contributed by atoms with van der Waals surface area (Å²) in [5.74, 6) is 5.31. The molecule has 192 valence electrons. The number of aryl methyl sites for hydroxylation is 2. The van der Waals surface area contributed by atoms with E-state index in [0.717, 1.165) is 73.0 Å². The van der Waals surface area contributed by atoms with Crippen molar-refractivity contribution in [2.24, 2.45) is 16.1 Å². The first-order valence-electron chi connectivity index (χ1n) is 13.7. The number of fused-ring (bicyclic) bond motifs is 1. The summed E-state index contributed by atoms with van der Waals surface area (Å²) in [6.45, 7) is 6.37. The van der Waals surface area contributed by atoms with Gasteiger partial charge < -0.3 is 0 Å². The molecule has 0 spiro atoms. The number of rotatable bonds is 8. The molecule has 4 rings (SSSR count). The molecule has 0 aromatic heterocycles. The molecule has 0 saturated heterocycles. The van der Waals surface area contributed by atoms with Crippen molar-refractivity contribution in [2.45, 2.75) is 78.6 Å². The van der Waals surface area contributed by atoms with Gasteiger partial charge in [-0.3, -0.25) is 0 Å². The van der Waals surface area contributed by atoms with Crippen LogP contribution in [0.5, 0.6) is 0 Å². The first-order valence-corrected chi connectivity index (χ1v) is 13.7. The van der Waals surface area contributed by atoms with Crippen LogP contribution in [0.1, 0.15) is 86.3 Å². The third-order valence-electron chi connectivity index (χ3n) is 7.24. The highest BCUT2D eigenvalue weighted by molar-refractivity contribution is 5.54. The fourth-order valence-electron chi connectivity index (χ4n) is 5.10. The van der Waals surface area contributed by atoms with E-state index in [4.69, 9.17) is 0 Å². The quantitative estimate of drug-likeness (QED) is 0.218. The lowest BCUT2D eigenvalue weighted by atomic mass is 9.80. The third kappa shape index (κ3) is 6.72. The van der Waals surface area contributed by atoms with Gasteiger partial charge in [0.2, 0.25) is 0 Å². The van der Waals surface area contributed by atoms with E-state index in [0.29, 0.717) is 17.9 Å². The highest BCUT2D eigenvalue weighted by Crippen LogP contribution is 2.33. The maximum atomic E-state index is 15.3. The van der Waals surface area contributed by atoms with E-state index < -0.39 is 11.6 Å². The molecule has 1 aliphatic rings. The predicted molar refractivity (Wildman–Crippen MR) is 148 cm³/mol. The lowest BCUT2D eigenvalue weighted by molar-refractivity contribution is 0.402. The number of hydrogen-bond acceptors (Lipinski definition) is 2. The van der Waals surface area contributed by atoms with Crippen molar-refractivity contribution < 1.29 is 8.78 Å². The van der Waals surface area contributed by atoms with Gasteiger partial charge in [0.15, 0.2) is 0 Å². The summed E-state index contributed by atoms with van der Waals surface area (Å²) in [6, 6.07) is 15.3. The molecule has 0 N–H and O–H groups in total. The molecule has 1 aliphatic carbocycles. The molecule has 4 heteroatoms. The Morgan fingerprint density at radius 3 is 2.38 bits per heavy atom. The number of unbranched alkanes of at least 4 members (excludes halogenated alkanes) is 1. The fourth-order valence-corrected chi connectivity index (χ4v) is 5.10. The minimum atomic E-state index is -0.562. The standard InChI is InChI=1S/C33H36F2N2/c1-4-7-9-24-12-18-30-27(20-24)22-32(34)31(33(30)35)19-14-26-13-17-29(21-25(26)6-3)37-36-28-15-10-23(8-5-2)11-16-28/h10-11,13,15-17,21-22,24H,4-9,12,18,20H2,1-3H3. The Morgan fingerprint density at radius 1 is 0.892 bits per heavy atom. The summed E-state index contributed by atoms with van der Waals surface area (Å²) in [6.07, 6.45) is 8.72. The van der Waals surface area contributed by atoms with Crippen LogP contribution in [-0.2, 0) is 25.7 Å². The van der Waals surface area contributed by atoms with Crippen molar-refractivity contribution in [2.75, 3.05) is 0 Å². The molecular weight excluding hydrogens is 462 g/mol. The SMILES string of the molecule is CCCCC1CCc2c(cc(F)c(C#Cc3ccc(N=Nc4ccc(CCC)cc4)cc3CC)c2F)C1. The van der Waals surface area contributed by atoms with Gasteiger partial charge in [0, 0.05) is 5.56 Å². The Kier molecular flexibility index (Phi) is 9.23. The molecule has 0 amide bonds. The second-order valence-electron chi connectivity index (χ2n) is 10.00. The van der Waals surface area contributed by atoms with E-state index in [1.165, 1.54) is 18.1 Å². The topological polar surface area (TPSA) is 24.7 Å². The largest absolute Gasteiger partial charge is 0.206 e. The van der Waals surface area contributed by atoms with Crippen molar-refractivity contribution in [3.05, 3.63) is 93.5 Å². The molecule has 37 heavy (non-hydrogen) atoms. The van der Waals surface area contributed by atoms with Crippen LogP contribution in [0.2, 0.25) is 0 Å². The van der Waals surface area contributed by atoms with Gasteiger partial charge in [-0.2, -0.15) is 10.2 Å². The van der Waals surface area contributed by atoms with E-state index in [1.807, 2.05) is 37.3 Å². The molecule has 1 atom stereocenters. The maximum absolute atomic E-state index is 15.3. The summed E-state index contributed by atoms with van der Waals surface area (Å²) >= 11 is 0. The summed E-state index contributed by atoms with van der Waals surface area (Å²) in [7, 11) is 0. The second-order valence-corrected chi connectivity index (χ2v) is 10.00. The summed E-state index contributed by atoms with van der Waals surface area (Å²) in [5.41, 5.74) is 5.88. The normalized spacial score (nSPS) is 14.9. The molecule has 0 fully saturated rings. The molecule has 0 bridgehead atoms. The molecule has 0 radical (unpaired) electrons. The van der Waals surface area contributed by atoms with Gasteiger partial charge in [-0.25, -0.2) is 8.78 Å². The maximum Gasteiger partial charge on any atom is 0.145 e. The number of nitrogens with zero attached hydrogens (tertiary/aromatic N) is 2. The van der Waals surface area contributed by atoms with Crippen LogP contribution in [0.4, 0.5) is 20.2 Å². The fraction of sp³-hybridized carbons (Fsp3) is 0.394. The van der Waals surface area contributed by atoms with E-state index in [9.17, 15) is 4.39 Å². The first kappa shape index (κ1) is 26.7. The Bertz CT molecular complexity index is 1310. The van der Waals surface area contributed by atoms with Gasteiger partial charge in [0.25, 0.3) is 0 Å². The highest BCUT2D eigenvalue weighted by Gasteiger charge is 2.24. The monoisotopic (exact) mass is 498 g/mol. The summed E-state index contributed by atoms with van der Waals surface area (Å²) in [5, 5.41) is 8.73. The van der Waals surface area contributed by atoms with Crippen LogP contribution >= 0.6 is 0 Å². The Labute approximate surface area is 220 Å². The van der Waals surface area contributed by atoms with Crippen LogP contribution in [0.25, 0.3) is 0 Å². The zero-order valence-corrected chi connectivity index (χ0v) is 22.2. The van der Waals surface area contributed by atoms with Crippen LogP contribution < -0.4 is 0 Å². The van der Waals surface area contributed by atoms with Crippen LogP contribution in [0, 0.1) is 29.4 Å². The minimum Gasteiger partial charge on any atom is -0.206 e. The summed E-state index contributed by atoms with van der Waals surface area (Å²) < 4.78 is 30.2. The number of hydrogen-bond donors (Lipinski definition) is 0. The van der Waals surface area contributed by atoms with Crippen molar-refractivity contribution in [1.82, 2.24) is 0 Å². The molecule has 3 aromatic carbocycles. The van der Waals surface area contributed by atoms with Gasteiger partial charge in [0.05, 0.1) is 16.9 Å². The van der Waals surface area contributed by atoms with E-state index >= 15 is 4.39 Å². The lowest BCUT2D eigenvalue weighted by Gasteiger charge is -2.25. The number of halogens is 2. The van der Waals surface area contributed by atoms with E-state index in [2.05, 4.69) is 48.0 Å². The molecule has 2 nitrogen and oxygen atoms in total. The average Bonchev–Trinajstić information content (AvgIpc) is 2.91. The highest BCUT2D eigenvalue weighted by atomic mass is 19.1. The number of benzene rings is 3. The van der Waals surface area contributed by atoms with Crippen molar-refractivity contribution in [3.8, 4) is 11.8 Å². The lowest BCUT2D eigenvalue weighted by Crippen LogP contribution is -2.17. The van der Waals surface area contributed by atoms with Crippen molar-refractivity contribution in [1.29, 1.82) is 0 Å². The van der Waals surface area contributed by atoms with E-state index in [1.54, 1.807) is 0 Å². The Balaban J connectivity index is 1.53. The Hall–Kier alpha value is -3.32. The average molecular weight is 499 g/mol. The Morgan fingerprint density at radius 2 is 1.65 bits per heavy atom. The molecule has 0 aliphatic heterocycles. The van der Waals surface area contributed by atoms with Gasteiger partial charge in [-0.05, 0) is 96.7 Å². The third-order valence-corrected chi connectivity index (χ3v) is 7.24. The smallest absolute Gasteiger partial charge is 0.145 e. The molecular formula is C33H36F2N2. The molecule has 0 heterocycles. The van der Waals surface area contributed by atoms with Gasteiger partial charge in [-0.1, -0.05) is 70.4 Å².